The van der Waals surface area contributed by atoms with Gasteiger partial charge >= 0.3 is 16.4 Å². The number of nitrogens with one attached hydrogen (secondary N) is 1. The normalized spacial score (nSPS) is 25.1. The molecule has 0 aromatic rings. The Balaban J connectivity index is 2.06. The summed E-state index contributed by atoms with van der Waals surface area (Å²) in [5, 5.41) is 2.82. The summed E-state index contributed by atoms with van der Waals surface area (Å²) in [7, 11) is -4.82. The van der Waals surface area contributed by atoms with Crippen LogP contribution >= 0.6 is 0 Å². The van der Waals surface area contributed by atoms with Crippen molar-refractivity contribution in [2.45, 2.75) is 24.9 Å². The van der Waals surface area contributed by atoms with Crippen molar-refractivity contribution in [3.8, 4) is 0 Å². The van der Waals surface area contributed by atoms with Gasteiger partial charge in [0.05, 0.1) is 12.6 Å². The van der Waals surface area contributed by atoms with E-state index in [9.17, 15) is 22.8 Å². The summed E-state index contributed by atoms with van der Waals surface area (Å²) in [5.41, 5.74) is 4.91. The molecular weight excluding hydrogens is 308 g/mol. The van der Waals surface area contributed by atoms with Gasteiger partial charge in [0.1, 0.15) is 6.04 Å². The molecule has 11 nitrogen and oxygen atoms in total. The third kappa shape index (κ3) is 3.40. The first-order valence-electron chi connectivity index (χ1n) is 6.02. The average molecular weight is 322 g/mol. The monoisotopic (exact) mass is 322 g/mol. The Morgan fingerprint density at radius 1 is 1.43 bits per heavy atom. The smallest absolute Gasteiger partial charge is 0.368 e. The van der Waals surface area contributed by atoms with Crippen molar-refractivity contribution < 1.29 is 31.6 Å². The molecule has 0 radical (unpaired) electrons. The molecule has 118 valence electrons. The minimum absolute atomic E-state index is 0.0863. The van der Waals surface area contributed by atoms with E-state index in [1.165, 1.54) is 0 Å². The van der Waals surface area contributed by atoms with Crippen molar-refractivity contribution in [2.75, 3.05) is 13.1 Å². The number of carbonyl (C=O) groups excluding carboxylic acids is 3. The molecular formula is C9H14N4O7S. The molecule has 2 aliphatic rings. The number of nitrogens with two attached hydrogens (primary N) is 1. The highest BCUT2D eigenvalue weighted by molar-refractivity contribution is 7.80. The summed E-state index contributed by atoms with van der Waals surface area (Å²) in [4.78, 5) is 35.6. The summed E-state index contributed by atoms with van der Waals surface area (Å²) in [6, 6.07) is -2.25. The maximum atomic E-state index is 12.0. The highest BCUT2D eigenvalue weighted by Crippen LogP contribution is 2.30. The van der Waals surface area contributed by atoms with Gasteiger partial charge in [-0.15, -0.1) is 4.28 Å². The number of carbonyl (C=O) groups is 3. The van der Waals surface area contributed by atoms with Gasteiger partial charge in [0.2, 0.25) is 11.8 Å². The van der Waals surface area contributed by atoms with Gasteiger partial charge in [0.15, 0.2) is 0 Å². The van der Waals surface area contributed by atoms with Crippen LogP contribution < -0.4 is 11.1 Å². The first kappa shape index (κ1) is 15.5. The summed E-state index contributed by atoms with van der Waals surface area (Å²) in [6.07, 6.45) is 0.582. The van der Waals surface area contributed by atoms with Crippen LogP contribution in [0.15, 0.2) is 0 Å². The topological polar surface area (TPSA) is 159 Å². The van der Waals surface area contributed by atoms with Crippen LogP contribution in [-0.2, 0) is 24.3 Å². The largest absolute Gasteiger partial charge is 0.418 e. The van der Waals surface area contributed by atoms with Crippen LogP contribution in [0, 0.1) is 0 Å². The van der Waals surface area contributed by atoms with Crippen molar-refractivity contribution in [3.05, 3.63) is 0 Å². The molecule has 2 unspecified atom stereocenters. The molecule has 0 spiro atoms. The lowest BCUT2D eigenvalue weighted by Crippen LogP contribution is -2.51. The number of nitrogens with zero attached hydrogens (tertiary/aromatic N) is 2. The van der Waals surface area contributed by atoms with Crippen LogP contribution in [0.4, 0.5) is 4.79 Å². The molecule has 2 rings (SSSR count). The second-order valence-corrected chi connectivity index (χ2v) is 5.70. The van der Waals surface area contributed by atoms with Gasteiger partial charge < -0.3 is 16.0 Å². The van der Waals surface area contributed by atoms with Gasteiger partial charge in [-0.1, -0.05) is 0 Å². The zero-order chi connectivity index (χ0) is 15.8. The Kier molecular flexibility index (Phi) is 4.02. The number of fused-ring (bicyclic) bond motifs is 2. The number of hydroxylamine groups is 2. The van der Waals surface area contributed by atoms with Crippen molar-refractivity contribution in [1.82, 2.24) is 15.3 Å². The number of hydrogen-bond donors (Lipinski definition) is 3. The summed E-state index contributed by atoms with van der Waals surface area (Å²) >= 11 is 0. The number of hydrogen-bond acceptors (Lipinski definition) is 6. The zero-order valence-corrected chi connectivity index (χ0v) is 11.6. The fourth-order valence-corrected chi connectivity index (χ4v) is 2.78. The molecule has 21 heavy (non-hydrogen) atoms. The standard InChI is InChI=1S/C9H14N4O7S/c10-7(14)3-11-8(15)6-2-1-5-4-12(6)9(16)13(5)20-21(17,18)19/h5-6H,1-4H2,(H2,10,14)(H,11,15)(H,17,18,19). The lowest BCUT2D eigenvalue weighted by molar-refractivity contribution is -0.128. The van der Waals surface area contributed by atoms with E-state index in [2.05, 4.69) is 9.60 Å². The van der Waals surface area contributed by atoms with Gasteiger partial charge in [-0.2, -0.15) is 13.5 Å². The predicted octanol–water partition coefficient (Wildman–Crippen LogP) is -2.41. The van der Waals surface area contributed by atoms with Crippen molar-refractivity contribution in [1.29, 1.82) is 0 Å². The van der Waals surface area contributed by atoms with Gasteiger partial charge in [-0.05, 0) is 12.8 Å². The number of piperidine rings is 1. The second kappa shape index (κ2) is 5.46. The predicted molar refractivity (Wildman–Crippen MR) is 65.6 cm³/mol. The molecule has 0 aromatic heterocycles. The van der Waals surface area contributed by atoms with E-state index in [4.69, 9.17) is 10.3 Å². The molecule has 2 saturated heterocycles. The Labute approximate surface area is 119 Å². The van der Waals surface area contributed by atoms with Crippen LogP contribution in [0.3, 0.4) is 0 Å². The highest BCUT2D eigenvalue weighted by Gasteiger charge is 2.49. The number of rotatable bonds is 5. The van der Waals surface area contributed by atoms with Crippen LogP contribution in [-0.4, -0.2) is 66.0 Å². The number of amides is 4. The average Bonchev–Trinajstić information content (AvgIpc) is 2.60. The Morgan fingerprint density at radius 3 is 2.67 bits per heavy atom. The minimum atomic E-state index is -4.82. The molecule has 2 aliphatic heterocycles. The second-order valence-electron chi connectivity index (χ2n) is 4.69. The summed E-state index contributed by atoms with van der Waals surface area (Å²) in [6.45, 7) is -0.269. The maximum absolute atomic E-state index is 12.0. The molecule has 2 atom stereocenters. The quantitative estimate of drug-likeness (QED) is 0.475. The molecule has 0 aromatic carbocycles. The number of urea groups is 1. The molecule has 2 heterocycles. The van der Waals surface area contributed by atoms with Gasteiger partial charge in [-0.25, -0.2) is 4.79 Å². The lowest BCUT2D eigenvalue weighted by Gasteiger charge is -2.29. The zero-order valence-electron chi connectivity index (χ0n) is 10.8. The van der Waals surface area contributed by atoms with Gasteiger partial charge in [-0.3, -0.25) is 14.1 Å². The van der Waals surface area contributed by atoms with Crippen molar-refractivity contribution >= 4 is 28.2 Å². The van der Waals surface area contributed by atoms with Crippen LogP contribution in [0.25, 0.3) is 0 Å². The van der Waals surface area contributed by atoms with E-state index in [1.54, 1.807) is 0 Å². The van der Waals surface area contributed by atoms with Crippen molar-refractivity contribution in [3.63, 3.8) is 0 Å². The third-order valence-corrected chi connectivity index (χ3v) is 3.59. The maximum Gasteiger partial charge on any atom is 0.418 e. The van der Waals surface area contributed by atoms with Crippen LogP contribution in [0.2, 0.25) is 0 Å². The summed E-state index contributed by atoms with van der Waals surface area (Å²) < 4.78 is 34.3. The van der Waals surface area contributed by atoms with E-state index in [-0.39, 0.29) is 19.5 Å². The van der Waals surface area contributed by atoms with Crippen LogP contribution in [0.5, 0.6) is 0 Å². The molecule has 12 heteroatoms. The Morgan fingerprint density at radius 2 is 2.10 bits per heavy atom. The molecule has 2 fully saturated rings. The van der Waals surface area contributed by atoms with E-state index >= 15 is 0 Å². The molecule has 0 saturated carbocycles. The van der Waals surface area contributed by atoms with E-state index in [1.807, 2.05) is 0 Å². The number of primary amides is 1. The Hall–Kier alpha value is -1.92. The molecule has 2 bridgehead atoms. The lowest BCUT2D eigenvalue weighted by atomic mass is 10.0. The Bertz CT molecular complexity index is 577. The summed E-state index contributed by atoms with van der Waals surface area (Å²) in [5.74, 6) is -1.28. The van der Waals surface area contributed by atoms with E-state index in [0.29, 0.717) is 11.5 Å². The third-order valence-electron chi connectivity index (χ3n) is 3.24. The van der Waals surface area contributed by atoms with E-state index in [0.717, 1.165) is 4.90 Å². The first-order chi connectivity index (χ1) is 9.69. The molecule has 4 N–H and O–H groups in total. The minimum Gasteiger partial charge on any atom is -0.368 e. The SMILES string of the molecule is NC(=O)CNC(=O)C1CCC2CN1C(=O)N2OS(=O)(=O)O. The van der Waals surface area contributed by atoms with E-state index < -0.39 is 40.3 Å². The molecule has 4 amide bonds. The van der Waals surface area contributed by atoms with Crippen molar-refractivity contribution in [2.24, 2.45) is 5.73 Å². The fraction of sp³-hybridized carbons (Fsp3) is 0.667. The highest BCUT2D eigenvalue weighted by atomic mass is 32.3. The van der Waals surface area contributed by atoms with Gasteiger partial charge in [0, 0.05) is 6.54 Å². The fourth-order valence-electron chi connectivity index (χ4n) is 2.40. The van der Waals surface area contributed by atoms with Crippen LogP contribution in [0.1, 0.15) is 12.8 Å². The first-order valence-corrected chi connectivity index (χ1v) is 7.38. The van der Waals surface area contributed by atoms with Gasteiger partial charge in [0.25, 0.3) is 0 Å². The molecule has 0 aliphatic carbocycles.